The number of phenolic OH excluding ortho intramolecular Hbond substituents is 1. The summed E-state index contributed by atoms with van der Waals surface area (Å²) in [5, 5.41) is 9.67. The third-order valence-corrected chi connectivity index (χ3v) is 3.53. The number of halogens is 2. The summed E-state index contributed by atoms with van der Waals surface area (Å²) < 4.78 is 0.936. The van der Waals surface area contributed by atoms with E-state index in [4.69, 9.17) is 0 Å². The standard InChI is InChI=1S/C12H15BrINO2/c1-8(13)5-6-15(2)12(17)10-7-9(14)3-4-11(10)16/h3-4,7-8,16H,5-6H2,1-2H3. The van der Waals surface area contributed by atoms with E-state index in [-0.39, 0.29) is 11.7 Å². The Bertz CT molecular complexity index is 409. The second kappa shape index (κ2) is 6.58. The van der Waals surface area contributed by atoms with Gasteiger partial charge in [-0.1, -0.05) is 22.9 Å². The second-order valence-electron chi connectivity index (χ2n) is 3.96. The van der Waals surface area contributed by atoms with Crippen LogP contribution in [0.3, 0.4) is 0 Å². The molecular weight excluding hydrogens is 397 g/mol. The first-order chi connectivity index (χ1) is 7.91. The molecule has 0 spiro atoms. The molecule has 0 fully saturated rings. The van der Waals surface area contributed by atoms with Gasteiger partial charge >= 0.3 is 0 Å². The highest BCUT2D eigenvalue weighted by atomic mass is 127. The fourth-order valence-corrected chi connectivity index (χ4v) is 2.05. The predicted octanol–water partition coefficient (Wildman–Crippen LogP) is 3.24. The summed E-state index contributed by atoms with van der Waals surface area (Å²) in [5.41, 5.74) is 0.363. The Kier molecular flexibility index (Phi) is 5.72. The molecule has 1 N–H and O–H groups in total. The summed E-state index contributed by atoms with van der Waals surface area (Å²) in [7, 11) is 1.75. The van der Waals surface area contributed by atoms with Gasteiger partial charge in [-0.2, -0.15) is 0 Å². The molecule has 0 saturated carbocycles. The van der Waals surface area contributed by atoms with Crippen LogP contribution in [0.15, 0.2) is 18.2 Å². The lowest BCUT2D eigenvalue weighted by molar-refractivity contribution is 0.0791. The van der Waals surface area contributed by atoms with Gasteiger partial charge in [-0.25, -0.2) is 0 Å². The highest BCUT2D eigenvalue weighted by molar-refractivity contribution is 14.1. The van der Waals surface area contributed by atoms with Crippen LogP contribution in [-0.2, 0) is 0 Å². The quantitative estimate of drug-likeness (QED) is 0.610. The molecule has 0 bridgehead atoms. The van der Waals surface area contributed by atoms with Gasteiger partial charge < -0.3 is 10.0 Å². The maximum atomic E-state index is 12.1. The first-order valence-corrected chi connectivity index (χ1v) is 7.29. The third kappa shape index (κ3) is 4.46. The number of aromatic hydroxyl groups is 1. The Morgan fingerprint density at radius 1 is 1.59 bits per heavy atom. The minimum Gasteiger partial charge on any atom is -0.507 e. The molecule has 3 nitrogen and oxygen atoms in total. The van der Waals surface area contributed by atoms with Crippen LogP contribution in [0.4, 0.5) is 0 Å². The van der Waals surface area contributed by atoms with Gasteiger partial charge in [0.2, 0.25) is 0 Å². The number of rotatable bonds is 4. The number of hydrogen-bond donors (Lipinski definition) is 1. The second-order valence-corrected chi connectivity index (χ2v) is 6.77. The number of hydrogen-bond acceptors (Lipinski definition) is 2. The lowest BCUT2D eigenvalue weighted by Gasteiger charge is -2.18. The molecule has 5 heteroatoms. The number of alkyl halides is 1. The molecule has 1 rings (SSSR count). The van der Waals surface area contributed by atoms with E-state index in [2.05, 4.69) is 38.5 Å². The van der Waals surface area contributed by atoms with E-state index in [1.54, 1.807) is 30.1 Å². The highest BCUT2D eigenvalue weighted by Gasteiger charge is 2.16. The molecule has 1 atom stereocenters. The first kappa shape index (κ1) is 14.8. The first-order valence-electron chi connectivity index (χ1n) is 5.30. The van der Waals surface area contributed by atoms with Crippen LogP contribution in [0.25, 0.3) is 0 Å². The molecule has 0 radical (unpaired) electrons. The minimum atomic E-state index is -0.144. The Labute approximate surface area is 123 Å². The average Bonchev–Trinajstić information content (AvgIpc) is 2.28. The van der Waals surface area contributed by atoms with Crippen molar-refractivity contribution in [2.75, 3.05) is 13.6 Å². The molecule has 0 aliphatic heterocycles. The van der Waals surface area contributed by atoms with Crippen LogP contribution < -0.4 is 0 Å². The van der Waals surface area contributed by atoms with Gasteiger partial charge in [0.25, 0.3) is 5.91 Å². The summed E-state index contributed by atoms with van der Waals surface area (Å²) in [4.78, 5) is 14.1. The van der Waals surface area contributed by atoms with E-state index in [1.165, 1.54) is 0 Å². The van der Waals surface area contributed by atoms with Crippen LogP contribution in [0.2, 0.25) is 0 Å². The highest BCUT2D eigenvalue weighted by Crippen LogP contribution is 2.21. The normalized spacial score (nSPS) is 12.2. The lowest BCUT2D eigenvalue weighted by Crippen LogP contribution is -2.28. The van der Waals surface area contributed by atoms with Crippen molar-refractivity contribution in [2.24, 2.45) is 0 Å². The van der Waals surface area contributed by atoms with Gasteiger partial charge in [-0.05, 0) is 47.2 Å². The topological polar surface area (TPSA) is 40.5 Å². The molecule has 1 aromatic rings. The van der Waals surface area contributed by atoms with Crippen LogP contribution in [-0.4, -0.2) is 34.3 Å². The zero-order chi connectivity index (χ0) is 13.0. The molecular formula is C12H15BrINO2. The van der Waals surface area contributed by atoms with Crippen molar-refractivity contribution >= 4 is 44.4 Å². The van der Waals surface area contributed by atoms with E-state index < -0.39 is 0 Å². The van der Waals surface area contributed by atoms with Crippen LogP contribution in [0, 0.1) is 3.57 Å². The molecule has 0 aliphatic rings. The van der Waals surface area contributed by atoms with E-state index in [1.807, 2.05) is 6.92 Å². The van der Waals surface area contributed by atoms with Crippen molar-refractivity contribution in [3.8, 4) is 5.75 Å². The van der Waals surface area contributed by atoms with Crippen molar-refractivity contribution in [1.82, 2.24) is 4.90 Å². The van der Waals surface area contributed by atoms with Gasteiger partial charge in [-0.15, -0.1) is 0 Å². The molecule has 17 heavy (non-hydrogen) atoms. The maximum absolute atomic E-state index is 12.1. The smallest absolute Gasteiger partial charge is 0.257 e. The van der Waals surface area contributed by atoms with E-state index in [0.717, 1.165) is 9.99 Å². The number of nitrogens with zero attached hydrogens (tertiary/aromatic N) is 1. The Balaban J connectivity index is 2.78. The summed E-state index contributed by atoms with van der Waals surface area (Å²) in [6, 6.07) is 5.02. The summed E-state index contributed by atoms with van der Waals surface area (Å²) in [6.07, 6.45) is 0.882. The molecule has 0 aromatic heterocycles. The van der Waals surface area contributed by atoms with Gasteiger partial charge in [0.05, 0.1) is 5.56 Å². The number of carbonyl (C=O) groups excluding carboxylic acids is 1. The fraction of sp³-hybridized carbons (Fsp3) is 0.417. The average molecular weight is 412 g/mol. The van der Waals surface area contributed by atoms with Gasteiger partial charge in [-0.3, -0.25) is 4.79 Å². The molecule has 1 unspecified atom stereocenters. The zero-order valence-corrected chi connectivity index (χ0v) is 13.5. The lowest BCUT2D eigenvalue weighted by atomic mass is 10.1. The monoisotopic (exact) mass is 411 g/mol. The summed E-state index contributed by atoms with van der Waals surface area (Å²) in [5.74, 6) is -0.108. The van der Waals surface area contributed by atoms with Crippen molar-refractivity contribution in [2.45, 2.75) is 18.2 Å². The largest absolute Gasteiger partial charge is 0.507 e. The van der Waals surface area contributed by atoms with E-state index in [9.17, 15) is 9.90 Å². The maximum Gasteiger partial charge on any atom is 0.257 e. The number of amides is 1. The van der Waals surface area contributed by atoms with Crippen molar-refractivity contribution in [3.63, 3.8) is 0 Å². The van der Waals surface area contributed by atoms with Crippen molar-refractivity contribution in [3.05, 3.63) is 27.3 Å². The number of phenols is 1. The number of carbonyl (C=O) groups is 1. The van der Waals surface area contributed by atoms with Gasteiger partial charge in [0.15, 0.2) is 0 Å². The van der Waals surface area contributed by atoms with Gasteiger partial charge in [0.1, 0.15) is 5.75 Å². The SMILES string of the molecule is CC(Br)CCN(C)C(=O)c1cc(I)ccc1O. The molecule has 94 valence electrons. The number of benzene rings is 1. The Hall–Kier alpha value is -0.300. The predicted molar refractivity (Wildman–Crippen MR) is 80.8 cm³/mol. The molecule has 1 aromatic carbocycles. The van der Waals surface area contributed by atoms with Crippen LogP contribution in [0.1, 0.15) is 23.7 Å². The fourth-order valence-electron chi connectivity index (χ4n) is 1.36. The summed E-state index contributed by atoms with van der Waals surface area (Å²) in [6.45, 7) is 2.71. The van der Waals surface area contributed by atoms with Crippen LogP contribution in [0.5, 0.6) is 5.75 Å². The Morgan fingerprint density at radius 2 is 2.24 bits per heavy atom. The van der Waals surface area contributed by atoms with Gasteiger partial charge in [0, 0.05) is 22.0 Å². The third-order valence-electron chi connectivity index (χ3n) is 2.40. The molecule has 0 aliphatic carbocycles. The summed E-state index contributed by atoms with van der Waals surface area (Å²) >= 11 is 5.57. The molecule has 0 saturated heterocycles. The Morgan fingerprint density at radius 3 is 2.82 bits per heavy atom. The molecule has 0 heterocycles. The van der Waals surface area contributed by atoms with Crippen molar-refractivity contribution < 1.29 is 9.90 Å². The minimum absolute atomic E-state index is 0.0363. The zero-order valence-electron chi connectivity index (χ0n) is 9.78. The van der Waals surface area contributed by atoms with E-state index >= 15 is 0 Å². The van der Waals surface area contributed by atoms with Crippen molar-refractivity contribution in [1.29, 1.82) is 0 Å². The van der Waals surface area contributed by atoms with E-state index in [0.29, 0.717) is 16.9 Å². The molecule has 1 amide bonds. The van der Waals surface area contributed by atoms with Crippen LogP contribution >= 0.6 is 38.5 Å².